The number of aliphatic hydroxyl groups excluding tert-OH is 1. The maximum atomic E-state index is 13.0. The molecule has 0 aliphatic heterocycles. The van der Waals surface area contributed by atoms with Crippen molar-refractivity contribution in [2.24, 2.45) is 5.92 Å². The second-order valence-electron chi connectivity index (χ2n) is 7.95. The van der Waals surface area contributed by atoms with E-state index < -0.39 is 44.8 Å². The summed E-state index contributed by atoms with van der Waals surface area (Å²) in [5, 5.41) is 12.4. The molecule has 180 valence electrons. The molecule has 1 atom stereocenters. The summed E-state index contributed by atoms with van der Waals surface area (Å²) in [5.41, 5.74) is -0.561. The molecule has 1 unspecified atom stereocenters. The van der Waals surface area contributed by atoms with Crippen LogP contribution < -0.4 is 10.1 Å². The lowest BCUT2D eigenvalue weighted by molar-refractivity contribution is -0.137. The van der Waals surface area contributed by atoms with E-state index in [-0.39, 0.29) is 23.6 Å². The molecule has 1 heterocycles. The Bertz CT molecular complexity index is 1240. The molecule has 0 spiro atoms. The molecule has 0 saturated heterocycles. The fourth-order valence-electron chi connectivity index (χ4n) is 3.60. The summed E-state index contributed by atoms with van der Waals surface area (Å²) in [5.74, 6) is -0.143. The number of nitrogens with zero attached hydrogens (tertiary/aromatic N) is 1. The van der Waals surface area contributed by atoms with Crippen LogP contribution >= 0.6 is 0 Å². The standard InChI is InChI=1S/C23H20F4N2O4S/c24-16-4-7-18(8-5-16)33-21-9-6-17(13-28-21)29-22(30)14-10-20(11-14)34(31,32)19-3-1-2-15(12-19)23(25,26)27/h1-9,12-14,20,22,29-30H,10-11H2/t14-,20-,22?. The van der Waals surface area contributed by atoms with Crippen LogP contribution in [0, 0.1) is 11.7 Å². The molecule has 6 nitrogen and oxygen atoms in total. The van der Waals surface area contributed by atoms with Crippen molar-refractivity contribution in [1.82, 2.24) is 4.98 Å². The molecule has 0 radical (unpaired) electrons. The molecular formula is C23H20F4N2O4S. The van der Waals surface area contributed by atoms with Gasteiger partial charge in [0.15, 0.2) is 9.84 Å². The summed E-state index contributed by atoms with van der Waals surface area (Å²) < 4.78 is 82.6. The van der Waals surface area contributed by atoms with E-state index in [2.05, 4.69) is 10.3 Å². The molecule has 2 N–H and O–H groups in total. The first kappa shape index (κ1) is 24.0. The Morgan fingerprint density at radius 3 is 2.38 bits per heavy atom. The van der Waals surface area contributed by atoms with E-state index in [1.807, 2.05) is 0 Å². The number of hydrogen-bond acceptors (Lipinski definition) is 6. The topological polar surface area (TPSA) is 88.5 Å². The summed E-state index contributed by atoms with van der Waals surface area (Å²) in [6.07, 6.45) is -4.09. The van der Waals surface area contributed by atoms with Crippen LogP contribution in [0.2, 0.25) is 0 Å². The number of benzene rings is 2. The number of rotatable bonds is 7. The number of nitrogens with one attached hydrogen (secondary N) is 1. The third kappa shape index (κ3) is 5.31. The molecule has 0 amide bonds. The quantitative estimate of drug-likeness (QED) is 0.353. The number of alkyl halides is 3. The van der Waals surface area contributed by atoms with Gasteiger partial charge in [-0.15, -0.1) is 0 Å². The Labute approximate surface area is 193 Å². The molecule has 2 aromatic carbocycles. The predicted molar refractivity (Wildman–Crippen MR) is 115 cm³/mol. The zero-order valence-corrected chi connectivity index (χ0v) is 18.4. The van der Waals surface area contributed by atoms with Gasteiger partial charge in [0.1, 0.15) is 17.8 Å². The maximum Gasteiger partial charge on any atom is 0.416 e. The van der Waals surface area contributed by atoms with Gasteiger partial charge < -0.3 is 15.2 Å². The first-order chi connectivity index (χ1) is 16.0. The van der Waals surface area contributed by atoms with Gasteiger partial charge in [0.05, 0.1) is 27.6 Å². The highest BCUT2D eigenvalue weighted by Gasteiger charge is 2.43. The SMILES string of the molecule is O=S(=O)(c1cccc(C(F)(F)F)c1)[C@H]1C[C@H](C(O)Nc2ccc(Oc3ccc(F)cc3)nc2)C1. The lowest BCUT2D eigenvalue weighted by Gasteiger charge is -2.38. The lowest BCUT2D eigenvalue weighted by Crippen LogP contribution is -2.44. The van der Waals surface area contributed by atoms with E-state index in [4.69, 9.17) is 4.74 Å². The fraction of sp³-hybridized carbons (Fsp3) is 0.261. The molecule has 3 aromatic rings. The first-order valence-corrected chi connectivity index (χ1v) is 11.8. The van der Waals surface area contributed by atoms with Crippen LogP contribution in [0.15, 0.2) is 71.8 Å². The molecule has 1 fully saturated rings. The van der Waals surface area contributed by atoms with Crippen molar-refractivity contribution in [2.75, 3.05) is 5.32 Å². The van der Waals surface area contributed by atoms with Gasteiger partial charge in [-0.1, -0.05) is 6.07 Å². The normalized spacial score (nSPS) is 19.2. The number of hydrogen-bond donors (Lipinski definition) is 2. The van der Waals surface area contributed by atoms with Gasteiger partial charge in [0.25, 0.3) is 0 Å². The highest BCUT2D eigenvalue weighted by atomic mass is 32.2. The van der Waals surface area contributed by atoms with Crippen LogP contribution in [0.4, 0.5) is 23.2 Å². The van der Waals surface area contributed by atoms with E-state index in [1.165, 1.54) is 30.5 Å². The van der Waals surface area contributed by atoms with Crippen molar-refractivity contribution < 1.29 is 35.8 Å². The van der Waals surface area contributed by atoms with Crippen molar-refractivity contribution in [2.45, 2.75) is 35.4 Å². The fourth-order valence-corrected chi connectivity index (χ4v) is 5.54. The minimum absolute atomic E-state index is 0.103. The molecule has 11 heteroatoms. The molecule has 1 aromatic heterocycles. The first-order valence-electron chi connectivity index (χ1n) is 10.3. The molecule has 1 saturated carbocycles. The van der Waals surface area contributed by atoms with Gasteiger partial charge in [-0.2, -0.15) is 13.2 Å². The minimum Gasteiger partial charge on any atom is -0.439 e. The van der Waals surface area contributed by atoms with Crippen LogP contribution in [-0.4, -0.2) is 30.0 Å². The molecule has 1 aliphatic rings. The van der Waals surface area contributed by atoms with E-state index in [0.717, 1.165) is 18.2 Å². The Kier molecular flexibility index (Phi) is 6.50. The number of ether oxygens (including phenoxy) is 1. The number of aromatic nitrogens is 1. The molecule has 1 aliphatic carbocycles. The minimum atomic E-state index is -4.64. The largest absolute Gasteiger partial charge is 0.439 e. The summed E-state index contributed by atoms with van der Waals surface area (Å²) in [6, 6.07) is 12.2. The maximum absolute atomic E-state index is 13.0. The van der Waals surface area contributed by atoms with Gasteiger partial charge in [-0.25, -0.2) is 17.8 Å². The second kappa shape index (κ2) is 9.22. The van der Waals surface area contributed by atoms with Gasteiger partial charge >= 0.3 is 6.18 Å². The number of pyridine rings is 1. The van der Waals surface area contributed by atoms with Gasteiger partial charge in [-0.05, 0) is 61.4 Å². The second-order valence-corrected chi connectivity index (χ2v) is 10.2. The molecule has 4 rings (SSSR count). The summed E-state index contributed by atoms with van der Waals surface area (Å²) in [6.45, 7) is 0. The average Bonchev–Trinajstić information content (AvgIpc) is 2.75. The van der Waals surface area contributed by atoms with Crippen molar-refractivity contribution in [3.8, 4) is 11.6 Å². The zero-order chi connectivity index (χ0) is 24.5. The Balaban J connectivity index is 1.33. The smallest absolute Gasteiger partial charge is 0.416 e. The summed E-state index contributed by atoms with van der Waals surface area (Å²) in [7, 11) is -3.95. The van der Waals surface area contributed by atoms with E-state index in [9.17, 15) is 31.1 Å². The van der Waals surface area contributed by atoms with Crippen LogP contribution in [0.25, 0.3) is 0 Å². The Morgan fingerprint density at radius 2 is 1.76 bits per heavy atom. The van der Waals surface area contributed by atoms with Crippen LogP contribution in [0.1, 0.15) is 18.4 Å². The highest BCUT2D eigenvalue weighted by molar-refractivity contribution is 7.92. The monoisotopic (exact) mass is 496 g/mol. The summed E-state index contributed by atoms with van der Waals surface area (Å²) >= 11 is 0. The lowest BCUT2D eigenvalue weighted by atomic mass is 9.83. The average molecular weight is 496 g/mol. The van der Waals surface area contributed by atoms with Crippen molar-refractivity contribution in [3.63, 3.8) is 0 Å². The Hall–Kier alpha value is -3.18. The third-order valence-corrected chi connectivity index (χ3v) is 7.77. The number of halogens is 4. The Morgan fingerprint density at radius 1 is 1.06 bits per heavy atom. The number of sulfone groups is 1. The highest BCUT2D eigenvalue weighted by Crippen LogP contribution is 2.39. The van der Waals surface area contributed by atoms with E-state index in [0.29, 0.717) is 17.5 Å². The zero-order valence-electron chi connectivity index (χ0n) is 17.5. The van der Waals surface area contributed by atoms with E-state index >= 15 is 0 Å². The van der Waals surface area contributed by atoms with Crippen LogP contribution in [-0.2, 0) is 16.0 Å². The number of anilines is 1. The predicted octanol–water partition coefficient (Wildman–Crippen LogP) is 5.01. The molecule has 34 heavy (non-hydrogen) atoms. The molecule has 0 bridgehead atoms. The van der Waals surface area contributed by atoms with Gasteiger partial charge in [0.2, 0.25) is 5.88 Å². The van der Waals surface area contributed by atoms with Crippen molar-refractivity contribution >= 4 is 15.5 Å². The molecular weight excluding hydrogens is 476 g/mol. The summed E-state index contributed by atoms with van der Waals surface area (Å²) in [4.78, 5) is 3.72. The van der Waals surface area contributed by atoms with Crippen LogP contribution in [0.3, 0.4) is 0 Å². The van der Waals surface area contributed by atoms with Crippen LogP contribution in [0.5, 0.6) is 11.6 Å². The van der Waals surface area contributed by atoms with Crippen molar-refractivity contribution in [1.29, 1.82) is 0 Å². The third-order valence-electron chi connectivity index (χ3n) is 5.59. The van der Waals surface area contributed by atoms with Gasteiger partial charge in [-0.3, -0.25) is 0 Å². The number of aliphatic hydroxyl groups is 1. The van der Waals surface area contributed by atoms with Gasteiger partial charge in [0, 0.05) is 12.0 Å². The van der Waals surface area contributed by atoms with E-state index in [1.54, 1.807) is 12.1 Å². The van der Waals surface area contributed by atoms with Crippen molar-refractivity contribution in [3.05, 3.63) is 78.2 Å².